The summed E-state index contributed by atoms with van der Waals surface area (Å²) in [7, 11) is 1.69. The average molecular weight is 392 g/mol. The van der Waals surface area contributed by atoms with E-state index in [-0.39, 0.29) is 0 Å². The molecule has 5 heteroatoms. The van der Waals surface area contributed by atoms with E-state index in [4.69, 9.17) is 4.74 Å². The van der Waals surface area contributed by atoms with E-state index in [9.17, 15) is 0 Å². The maximum atomic E-state index is 5.47. The van der Waals surface area contributed by atoms with Gasteiger partial charge in [-0.25, -0.2) is 4.68 Å². The van der Waals surface area contributed by atoms with Crippen LogP contribution in [0.4, 0.5) is 0 Å². The number of nitrogens with zero attached hydrogens (tertiary/aromatic N) is 4. The standard InChI is InChI=1S/C25H20N4O/c1-30-24-9-5-4-7-21(24)20-12-10-18(11-13-20)16-29-17-23(27-28-29)25-22-8-3-2-6-19(22)14-15-26-25/h2-15,17H,16H2,1H3. The van der Waals surface area contributed by atoms with Crippen molar-refractivity contribution in [3.8, 4) is 28.3 Å². The van der Waals surface area contributed by atoms with E-state index >= 15 is 0 Å². The first-order chi connectivity index (χ1) is 14.8. The molecule has 5 rings (SSSR count). The van der Waals surface area contributed by atoms with Crippen LogP contribution in [0.25, 0.3) is 33.3 Å². The van der Waals surface area contributed by atoms with Gasteiger partial charge in [-0.3, -0.25) is 4.98 Å². The summed E-state index contributed by atoms with van der Waals surface area (Å²) in [6.45, 7) is 0.643. The van der Waals surface area contributed by atoms with Gasteiger partial charge >= 0.3 is 0 Å². The van der Waals surface area contributed by atoms with Crippen LogP contribution in [0.5, 0.6) is 5.75 Å². The third-order valence-electron chi connectivity index (χ3n) is 5.17. The molecule has 0 saturated carbocycles. The van der Waals surface area contributed by atoms with Crippen LogP contribution in [0.15, 0.2) is 91.3 Å². The summed E-state index contributed by atoms with van der Waals surface area (Å²) >= 11 is 0. The molecule has 0 unspecified atom stereocenters. The van der Waals surface area contributed by atoms with Crippen molar-refractivity contribution in [2.75, 3.05) is 7.11 Å². The third kappa shape index (κ3) is 3.42. The molecule has 2 heterocycles. The van der Waals surface area contributed by atoms with Crippen molar-refractivity contribution in [1.82, 2.24) is 20.0 Å². The number of benzene rings is 3. The Morgan fingerprint density at radius 3 is 2.53 bits per heavy atom. The van der Waals surface area contributed by atoms with Gasteiger partial charge in [0, 0.05) is 17.1 Å². The fraction of sp³-hybridized carbons (Fsp3) is 0.0800. The zero-order chi connectivity index (χ0) is 20.3. The summed E-state index contributed by atoms with van der Waals surface area (Å²) < 4.78 is 7.32. The van der Waals surface area contributed by atoms with Crippen LogP contribution in [-0.2, 0) is 6.54 Å². The molecule has 0 spiro atoms. The van der Waals surface area contributed by atoms with E-state index in [1.165, 1.54) is 0 Å². The molecule has 0 amide bonds. The highest BCUT2D eigenvalue weighted by Gasteiger charge is 2.10. The molecule has 0 aliphatic carbocycles. The van der Waals surface area contributed by atoms with Crippen molar-refractivity contribution >= 4 is 10.8 Å². The molecular formula is C25H20N4O. The first-order valence-corrected chi connectivity index (χ1v) is 9.78. The lowest BCUT2D eigenvalue weighted by Gasteiger charge is -2.09. The summed E-state index contributed by atoms with van der Waals surface area (Å²) in [4.78, 5) is 4.53. The summed E-state index contributed by atoms with van der Waals surface area (Å²) in [5.41, 5.74) is 4.98. The lowest BCUT2D eigenvalue weighted by atomic mass is 10.0. The molecule has 0 atom stereocenters. The lowest BCUT2D eigenvalue weighted by Crippen LogP contribution is -2.00. The first kappa shape index (κ1) is 18.1. The van der Waals surface area contributed by atoms with Crippen molar-refractivity contribution in [3.63, 3.8) is 0 Å². The van der Waals surface area contributed by atoms with Gasteiger partial charge in [-0.15, -0.1) is 5.10 Å². The molecule has 5 aromatic rings. The minimum atomic E-state index is 0.643. The van der Waals surface area contributed by atoms with Gasteiger partial charge < -0.3 is 4.74 Å². The molecule has 146 valence electrons. The number of pyridine rings is 1. The van der Waals surface area contributed by atoms with E-state index in [1.807, 2.05) is 53.5 Å². The van der Waals surface area contributed by atoms with Gasteiger partial charge in [0.25, 0.3) is 0 Å². The number of para-hydroxylation sites is 1. The molecule has 0 aliphatic heterocycles. The Hall–Kier alpha value is -3.99. The van der Waals surface area contributed by atoms with E-state index in [1.54, 1.807) is 7.11 Å². The second kappa shape index (κ2) is 7.79. The van der Waals surface area contributed by atoms with Gasteiger partial charge in [0.2, 0.25) is 0 Å². The molecule has 3 aromatic carbocycles. The molecule has 5 nitrogen and oxygen atoms in total. The highest BCUT2D eigenvalue weighted by Crippen LogP contribution is 2.30. The normalized spacial score (nSPS) is 11.0. The molecular weight excluding hydrogens is 372 g/mol. The Kier molecular flexibility index (Phi) is 4.69. The number of ether oxygens (including phenoxy) is 1. The van der Waals surface area contributed by atoms with Crippen LogP contribution >= 0.6 is 0 Å². The summed E-state index contributed by atoms with van der Waals surface area (Å²) in [6.07, 6.45) is 3.76. The Morgan fingerprint density at radius 2 is 1.67 bits per heavy atom. The van der Waals surface area contributed by atoms with Crippen LogP contribution in [-0.4, -0.2) is 27.1 Å². The largest absolute Gasteiger partial charge is 0.496 e. The molecule has 0 fully saturated rings. The van der Waals surface area contributed by atoms with Gasteiger partial charge in [-0.1, -0.05) is 71.9 Å². The Morgan fingerprint density at radius 1 is 0.867 bits per heavy atom. The molecule has 2 aromatic heterocycles. The predicted octanol–water partition coefficient (Wildman–Crippen LogP) is 5.22. The van der Waals surface area contributed by atoms with Gasteiger partial charge in [0.15, 0.2) is 0 Å². The van der Waals surface area contributed by atoms with Crippen LogP contribution in [0.2, 0.25) is 0 Å². The van der Waals surface area contributed by atoms with Crippen LogP contribution in [0, 0.1) is 0 Å². The van der Waals surface area contributed by atoms with Gasteiger partial charge in [0.05, 0.1) is 25.5 Å². The minimum Gasteiger partial charge on any atom is -0.496 e. The smallest absolute Gasteiger partial charge is 0.132 e. The number of fused-ring (bicyclic) bond motifs is 1. The quantitative estimate of drug-likeness (QED) is 0.412. The zero-order valence-electron chi connectivity index (χ0n) is 16.6. The van der Waals surface area contributed by atoms with Gasteiger partial charge in [0.1, 0.15) is 11.4 Å². The summed E-state index contributed by atoms with van der Waals surface area (Å²) in [6, 6.07) is 26.7. The predicted molar refractivity (Wildman–Crippen MR) is 118 cm³/mol. The SMILES string of the molecule is COc1ccccc1-c1ccc(Cn2cc(-c3nccc4ccccc34)nn2)cc1. The highest BCUT2D eigenvalue weighted by atomic mass is 16.5. The van der Waals surface area contributed by atoms with Crippen molar-refractivity contribution in [2.24, 2.45) is 0 Å². The number of rotatable bonds is 5. The van der Waals surface area contributed by atoms with E-state index in [0.717, 1.165) is 44.6 Å². The Bertz CT molecular complexity index is 1300. The molecule has 0 N–H and O–H groups in total. The molecule has 0 radical (unpaired) electrons. The number of methoxy groups -OCH3 is 1. The average Bonchev–Trinajstić information content (AvgIpc) is 3.27. The summed E-state index contributed by atoms with van der Waals surface area (Å²) in [5, 5.41) is 10.9. The van der Waals surface area contributed by atoms with Gasteiger partial charge in [-0.05, 0) is 28.6 Å². The highest BCUT2D eigenvalue weighted by molar-refractivity contribution is 5.93. The van der Waals surface area contributed by atoms with E-state index in [2.05, 4.69) is 57.8 Å². The molecule has 0 aliphatic rings. The first-order valence-electron chi connectivity index (χ1n) is 9.78. The maximum absolute atomic E-state index is 5.47. The van der Waals surface area contributed by atoms with Crippen molar-refractivity contribution < 1.29 is 4.74 Å². The second-order valence-corrected chi connectivity index (χ2v) is 7.08. The fourth-order valence-electron chi connectivity index (χ4n) is 3.67. The molecule has 0 bridgehead atoms. The third-order valence-corrected chi connectivity index (χ3v) is 5.17. The fourth-order valence-corrected chi connectivity index (χ4v) is 3.67. The number of hydrogen-bond acceptors (Lipinski definition) is 4. The lowest BCUT2D eigenvalue weighted by molar-refractivity contribution is 0.416. The van der Waals surface area contributed by atoms with Crippen LogP contribution in [0.1, 0.15) is 5.56 Å². The van der Waals surface area contributed by atoms with Crippen LogP contribution < -0.4 is 4.74 Å². The van der Waals surface area contributed by atoms with Gasteiger partial charge in [-0.2, -0.15) is 0 Å². The minimum absolute atomic E-state index is 0.643. The Labute approximate surface area is 174 Å². The topological polar surface area (TPSA) is 52.8 Å². The number of aromatic nitrogens is 4. The summed E-state index contributed by atoms with van der Waals surface area (Å²) in [5.74, 6) is 0.869. The molecule has 30 heavy (non-hydrogen) atoms. The van der Waals surface area contributed by atoms with E-state index < -0.39 is 0 Å². The maximum Gasteiger partial charge on any atom is 0.132 e. The number of hydrogen-bond donors (Lipinski definition) is 0. The van der Waals surface area contributed by atoms with Crippen LogP contribution in [0.3, 0.4) is 0 Å². The monoisotopic (exact) mass is 392 g/mol. The second-order valence-electron chi connectivity index (χ2n) is 7.08. The molecule has 0 saturated heterocycles. The van der Waals surface area contributed by atoms with Crippen molar-refractivity contribution in [1.29, 1.82) is 0 Å². The van der Waals surface area contributed by atoms with Crippen molar-refractivity contribution in [3.05, 3.63) is 96.8 Å². The Balaban J connectivity index is 1.39. The van der Waals surface area contributed by atoms with Crippen molar-refractivity contribution in [2.45, 2.75) is 6.54 Å². The van der Waals surface area contributed by atoms with E-state index in [0.29, 0.717) is 6.54 Å². The zero-order valence-corrected chi connectivity index (χ0v) is 16.6.